The highest BCUT2D eigenvalue weighted by Gasteiger charge is 2.18. The van der Waals surface area contributed by atoms with Crippen LogP contribution in [-0.4, -0.2) is 30.6 Å². The molecule has 2 aromatic rings. The fourth-order valence-electron chi connectivity index (χ4n) is 1.86. The van der Waals surface area contributed by atoms with E-state index in [2.05, 4.69) is 24.0 Å². The predicted molar refractivity (Wildman–Crippen MR) is 61.3 cm³/mol. The lowest BCUT2D eigenvalue weighted by atomic mass is 10.3. The molecule has 2 aromatic heterocycles. The summed E-state index contributed by atoms with van der Waals surface area (Å²) in [4.78, 5) is 6.60. The number of hydrogen-bond donors (Lipinski definition) is 0. The van der Waals surface area contributed by atoms with Crippen LogP contribution in [0.15, 0.2) is 12.4 Å². The molecule has 1 aliphatic heterocycles. The zero-order valence-corrected chi connectivity index (χ0v) is 10.1. The summed E-state index contributed by atoms with van der Waals surface area (Å²) in [6.07, 6.45) is 3.86. The maximum absolute atomic E-state index is 5.98. The first-order valence-electron chi connectivity index (χ1n) is 5.02. The van der Waals surface area contributed by atoms with Gasteiger partial charge in [0.15, 0.2) is 0 Å². The van der Waals surface area contributed by atoms with Crippen LogP contribution in [0.25, 0.3) is 0 Å². The van der Waals surface area contributed by atoms with E-state index in [0.29, 0.717) is 4.34 Å². The molecule has 0 unspecified atom stereocenters. The third-order valence-electron chi connectivity index (χ3n) is 2.71. The minimum Gasteiger partial charge on any atom is -0.333 e. The van der Waals surface area contributed by atoms with Gasteiger partial charge in [0, 0.05) is 43.6 Å². The van der Waals surface area contributed by atoms with Gasteiger partial charge in [-0.15, -0.1) is 5.10 Å². The molecule has 0 spiro atoms. The molecular formula is C9H10ClN5S. The number of fused-ring (bicyclic) bond motifs is 1. The van der Waals surface area contributed by atoms with Gasteiger partial charge in [0.25, 0.3) is 0 Å². The molecule has 0 amide bonds. The zero-order chi connectivity index (χ0) is 11.0. The van der Waals surface area contributed by atoms with Crippen molar-refractivity contribution in [3.8, 4) is 0 Å². The number of nitrogens with zero attached hydrogens (tertiary/aromatic N) is 5. The lowest BCUT2D eigenvalue weighted by molar-refractivity contribution is 0.206. The van der Waals surface area contributed by atoms with Crippen molar-refractivity contribution in [3.05, 3.63) is 28.2 Å². The Hall–Kier alpha value is -0.980. The Morgan fingerprint density at radius 3 is 3.19 bits per heavy atom. The van der Waals surface area contributed by atoms with Gasteiger partial charge in [0.2, 0.25) is 0 Å². The molecule has 3 rings (SSSR count). The lowest BCUT2D eigenvalue weighted by Gasteiger charge is -2.26. The van der Waals surface area contributed by atoms with Gasteiger partial charge in [-0.1, -0.05) is 16.1 Å². The second-order valence-corrected chi connectivity index (χ2v) is 5.10. The first-order chi connectivity index (χ1) is 7.83. The second-order valence-electron chi connectivity index (χ2n) is 3.74. The van der Waals surface area contributed by atoms with Crippen LogP contribution in [0.5, 0.6) is 0 Å². The van der Waals surface area contributed by atoms with Gasteiger partial charge in [0.05, 0.1) is 6.54 Å². The molecule has 0 saturated carbocycles. The number of imidazole rings is 1. The van der Waals surface area contributed by atoms with E-state index in [1.807, 2.05) is 12.4 Å². The fraction of sp³-hybridized carbons (Fsp3) is 0.444. The number of rotatable bonds is 2. The fourth-order valence-corrected chi connectivity index (χ4v) is 2.47. The Labute approximate surface area is 102 Å². The van der Waals surface area contributed by atoms with Crippen LogP contribution >= 0.6 is 23.1 Å². The van der Waals surface area contributed by atoms with Crippen LogP contribution in [0.3, 0.4) is 0 Å². The summed E-state index contributed by atoms with van der Waals surface area (Å²) in [5.41, 5.74) is 0.867. The van der Waals surface area contributed by atoms with Gasteiger partial charge in [0.1, 0.15) is 15.9 Å². The average Bonchev–Trinajstić information content (AvgIpc) is 2.88. The van der Waals surface area contributed by atoms with Gasteiger partial charge in [-0.25, -0.2) is 4.98 Å². The van der Waals surface area contributed by atoms with E-state index >= 15 is 0 Å². The van der Waals surface area contributed by atoms with Crippen LogP contribution in [0.1, 0.15) is 11.5 Å². The van der Waals surface area contributed by atoms with Crippen molar-refractivity contribution in [2.75, 3.05) is 6.54 Å². The van der Waals surface area contributed by atoms with E-state index in [1.54, 1.807) is 0 Å². The molecule has 0 fully saturated rings. The Bertz CT molecular complexity index is 494. The van der Waals surface area contributed by atoms with Crippen LogP contribution in [0, 0.1) is 0 Å². The highest BCUT2D eigenvalue weighted by Crippen LogP contribution is 2.20. The molecule has 7 heteroatoms. The predicted octanol–water partition coefficient (Wildman–Crippen LogP) is 1.40. The zero-order valence-electron chi connectivity index (χ0n) is 8.51. The number of halogens is 1. The number of hydrogen-bond acceptors (Lipinski definition) is 5. The van der Waals surface area contributed by atoms with Crippen LogP contribution in [0.2, 0.25) is 4.34 Å². The normalized spacial score (nSPS) is 16.3. The number of aromatic nitrogens is 4. The highest BCUT2D eigenvalue weighted by atomic mass is 35.5. The summed E-state index contributed by atoms with van der Waals surface area (Å²) in [5.74, 6) is 1.10. The summed E-state index contributed by atoms with van der Waals surface area (Å²) in [6, 6.07) is 0. The Balaban J connectivity index is 1.73. The van der Waals surface area contributed by atoms with Crippen molar-refractivity contribution in [2.24, 2.45) is 0 Å². The maximum atomic E-state index is 5.98. The van der Waals surface area contributed by atoms with E-state index in [0.717, 1.165) is 37.7 Å². The molecule has 0 atom stereocenters. The molecular weight excluding hydrogens is 246 g/mol. The third kappa shape index (κ3) is 1.83. The van der Waals surface area contributed by atoms with Crippen LogP contribution < -0.4 is 0 Å². The monoisotopic (exact) mass is 255 g/mol. The van der Waals surface area contributed by atoms with E-state index < -0.39 is 0 Å². The van der Waals surface area contributed by atoms with Crippen molar-refractivity contribution < 1.29 is 0 Å². The average molecular weight is 256 g/mol. The SMILES string of the molecule is Clc1snnc1CN1CCn2ccnc2C1. The minimum atomic E-state index is 0.689. The van der Waals surface area contributed by atoms with Gasteiger partial charge >= 0.3 is 0 Å². The topological polar surface area (TPSA) is 46.8 Å². The Kier molecular flexibility index (Phi) is 2.62. The molecule has 0 aromatic carbocycles. The largest absolute Gasteiger partial charge is 0.333 e. The third-order valence-corrected chi connectivity index (χ3v) is 3.69. The summed E-state index contributed by atoms with van der Waals surface area (Å²) in [5, 5.41) is 4.02. The summed E-state index contributed by atoms with van der Waals surface area (Å²) in [7, 11) is 0. The van der Waals surface area contributed by atoms with E-state index in [1.165, 1.54) is 11.5 Å². The van der Waals surface area contributed by atoms with E-state index in [4.69, 9.17) is 11.6 Å². The summed E-state index contributed by atoms with van der Waals surface area (Å²) >= 11 is 7.22. The minimum absolute atomic E-state index is 0.689. The van der Waals surface area contributed by atoms with E-state index in [9.17, 15) is 0 Å². The molecule has 5 nitrogen and oxygen atoms in total. The molecule has 0 N–H and O–H groups in total. The summed E-state index contributed by atoms with van der Waals surface area (Å²) in [6.45, 7) is 3.57. The molecule has 0 bridgehead atoms. The van der Waals surface area contributed by atoms with Gasteiger partial charge in [-0.3, -0.25) is 4.90 Å². The van der Waals surface area contributed by atoms with Crippen molar-refractivity contribution in [1.29, 1.82) is 0 Å². The molecule has 3 heterocycles. The first kappa shape index (κ1) is 10.2. The van der Waals surface area contributed by atoms with Crippen LogP contribution in [-0.2, 0) is 19.6 Å². The van der Waals surface area contributed by atoms with Crippen molar-refractivity contribution in [2.45, 2.75) is 19.6 Å². The first-order valence-corrected chi connectivity index (χ1v) is 6.17. The molecule has 0 radical (unpaired) electrons. The smallest absolute Gasteiger partial charge is 0.138 e. The quantitative estimate of drug-likeness (QED) is 0.814. The highest BCUT2D eigenvalue weighted by molar-refractivity contribution is 7.10. The molecule has 0 aliphatic carbocycles. The summed E-state index contributed by atoms with van der Waals surface area (Å²) < 4.78 is 6.70. The van der Waals surface area contributed by atoms with Crippen molar-refractivity contribution in [1.82, 2.24) is 24.0 Å². The van der Waals surface area contributed by atoms with Gasteiger partial charge in [-0.2, -0.15) is 0 Å². The Morgan fingerprint density at radius 1 is 1.44 bits per heavy atom. The lowest BCUT2D eigenvalue weighted by Crippen LogP contribution is -2.33. The molecule has 16 heavy (non-hydrogen) atoms. The molecule has 0 saturated heterocycles. The van der Waals surface area contributed by atoms with Crippen molar-refractivity contribution in [3.63, 3.8) is 0 Å². The van der Waals surface area contributed by atoms with Gasteiger partial charge < -0.3 is 4.57 Å². The Morgan fingerprint density at radius 2 is 2.38 bits per heavy atom. The second kappa shape index (κ2) is 4.12. The van der Waals surface area contributed by atoms with E-state index in [-0.39, 0.29) is 0 Å². The maximum Gasteiger partial charge on any atom is 0.138 e. The standard InChI is InChI=1S/C9H10ClN5S/c10-9-7(12-13-16-9)5-14-3-4-15-2-1-11-8(15)6-14/h1-2H,3-6H2. The van der Waals surface area contributed by atoms with Crippen LogP contribution in [0.4, 0.5) is 0 Å². The van der Waals surface area contributed by atoms with Crippen molar-refractivity contribution >= 4 is 23.1 Å². The molecule has 84 valence electrons. The van der Waals surface area contributed by atoms with Gasteiger partial charge in [-0.05, 0) is 0 Å². The molecule has 1 aliphatic rings.